The van der Waals surface area contributed by atoms with Gasteiger partial charge in [0.15, 0.2) is 0 Å². The van der Waals surface area contributed by atoms with Crippen LogP contribution in [-0.2, 0) is 9.53 Å². The van der Waals surface area contributed by atoms with Gasteiger partial charge in [-0.1, -0.05) is 12.1 Å². The summed E-state index contributed by atoms with van der Waals surface area (Å²) < 4.78 is 11.5. The van der Waals surface area contributed by atoms with Gasteiger partial charge in [0.1, 0.15) is 5.75 Å². The first kappa shape index (κ1) is 21.7. The molecule has 6 heteroatoms. The molecule has 0 aliphatic carbocycles. The van der Waals surface area contributed by atoms with Crippen LogP contribution in [0.3, 0.4) is 0 Å². The fourth-order valence-electron chi connectivity index (χ4n) is 2.88. The van der Waals surface area contributed by atoms with Crippen LogP contribution in [0.5, 0.6) is 5.75 Å². The third kappa shape index (κ3) is 8.08. The minimum Gasteiger partial charge on any atom is -0.494 e. The standard InChI is InChI=1S/C19H30N2O3.ClH/c1-16-5-2-6-18(15-16)24-13-3-7-19(22)21-11-8-17(9-12-21)23-14-4-10-20;/h2,5-6,15,17H,3-4,7-14,20H2,1H3;1H. The molecule has 1 aliphatic rings. The van der Waals surface area contributed by atoms with Crippen LogP contribution in [0.25, 0.3) is 0 Å². The number of rotatable bonds is 9. The molecule has 1 aromatic rings. The largest absolute Gasteiger partial charge is 0.494 e. The van der Waals surface area contributed by atoms with Crippen molar-refractivity contribution in [2.75, 3.05) is 32.8 Å². The van der Waals surface area contributed by atoms with Gasteiger partial charge in [-0.2, -0.15) is 0 Å². The van der Waals surface area contributed by atoms with Gasteiger partial charge in [0.05, 0.1) is 12.7 Å². The number of ether oxygens (including phenoxy) is 2. The van der Waals surface area contributed by atoms with Gasteiger partial charge in [0.2, 0.25) is 5.91 Å². The second-order valence-corrected chi connectivity index (χ2v) is 6.36. The smallest absolute Gasteiger partial charge is 0.222 e. The Morgan fingerprint density at radius 2 is 2.00 bits per heavy atom. The number of amides is 1. The third-order valence-electron chi connectivity index (χ3n) is 4.29. The number of hydrogen-bond donors (Lipinski definition) is 1. The van der Waals surface area contributed by atoms with E-state index in [0.717, 1.165) is 51.1 Å². The van der Waals surface area contributed by atoms with Crippen LogP contribution >= 0.6 is 12.4 Å². The number of nitrogens with two attached hydrogens (primary N) is 1. The summed E-state index contributed by atoms with van der Waals surface area (Å²) in [4.78, 5) is 14.2. The number of carbonyl (C=O) groups is 1. The minimum absolute atomic E-state index is 0. The molecule has 1 aliphatic heterocycles. The summed E-state index contributed by atoms with van der Waals surface area (Å²) in [6.07, 6.45) is 4.33. The number of nitrogens with zero attached hydrogens (tertiary/aromatic N) is 1. The highest BCUT2D eigenvalue weighted by molar-refractivity contribution is 5.85. The quantitative estimate of drug-likeness (QED) is 0.679. The molecule has 0 saturated carbocycles. The van der Waals surface area contributed by atoms with Gasteiger partial charge in [0.25, 0.3) is 0 Å². The second kappa shape index (κ2) is 12.1. The van der Waals surface area contributed by atoms with Crippen LogP contribution in [0.15, 0.2) is 24.3 Å². The number of benzene rings is 1. The van der Waals surface area contributed by atoms with Crippen LogP contribution in [-0.4, -0.2) is 49.8 Å². The molecule has 0 unspecified atom stereocenters. The van der Waals surface area contributed by atoms with E-state index in [9.17, 15) is 4.79 Å². The normalized spacial score (nSPS) is 14.9. The lowest BCUT2D eigenvalue weighted by Gasteiger charge is -2.32. The monoisotopic (exact) mass is 370 g/mol. The molecule has 1 amide bonds. The molecule has 2 rings (SSSR count). The third-order valence-corrected chi connectivity index (χ3v) is 4.29. The predicted octanol–water partition coefficient (Wildman–Crippen LogP) is 2.93. The first-order valence-electron chi connectivity index (χ1n) is 8.98. The van der Waals surface area contributed by atoms with Crippen LogP contribution in [0, 0.1) is 6.92 Å². The van der Waals surface area contributed by atoms with Gasteiger partial charge < -0.3 is 20.1 Å². The maximum Gasteiger partial charge on any atom is 0.222 e. The molecule has 1 saturated heterocycles. The Hall–Kier alpha value is -1.30. The van der Waals surface area contributed by atoms with Gasteiger partial charge in [-0.3, -0.25) is 4.79 Å². The highest BCUT2D eigenvalue weighted by Crippen LogP contribution is 2.16. The summed E-state index contributed by atoms with van der Waals surface area (Å²) in [6, 6.07) is 7.98. The summed E-state index contributed by atoms with van der Waals surface area (Å²) in [5, 5.41) is 0. The van der Waals surface area contributed by atoms with Crippen molar-refractivity contribution in [1.29, 1.82) is 0 Å². The molecule has 1 heterocycles. The minimum atomic E-state index is 0. The van der Waals surface area contributed by atoms with E-state index in [-0.39, 0.29) is 24.4 Å². The number of hydrogen-bond acceptors (Lipinski definition) is 4. The Balaban J connectivity index is 0.00000312. The number of halogens is 1. The lowest BCUT2D eigenvalue weighted by Crippen LogP contribution is -2.41. The second-order valence-electron chi connectivity index (χ2n) is 6.36. The fourth-order valence-corrected chi connectivity index (χ4v) is 2.88. The molecule has 0 spiro atoms. The topological polar surface area (TPSA) is 64.8 Å². The van der Waals surface area contributed by atoms with E-state index in [4.69, 9.17) is 15.2 Å². The molecular weight excluding hydrogens is 340 g/mol. The van der Waals surface area contributed by atoms with Gasteiger partial charge in [-0.15, -0.1) is 12.4 Å². The molecular formula is C19H31ClN2O3. The summed E-state index contributed by atoms with van der Waals surface area (Å²) >= 11 is 0. The molecule has 0 aromatic heterocycles. The first-order valence-corrected chi connectivity index (χ1v) is 8.98. The van der Waals surface area contributed by atoms with Gasteiger partial charge in [-0.25, -0.2) is 0 Å². The zero-order chi connectivity index (χ0) is 17.2. The molecule has 25 heavy (non-hydrogen) atoms. The summed E-state index contributed by atoms with van der Waals surface area (Å²) in [7, 11) is 0. The van der Waals surface area contributed by atoms with Crippen molar-refractivity contribution in [3.05, 3.63) is 29.8 Å². The SMILES string of the molecule is Cc1cccc(OCCCC(=O)N2CCC(OCCCN)CC2)c1.Cl. The molecule has 0 atom stereocenters. The summed E-state index contributed by atoms with van der Waals surface area (Å²) in [6.45, 7) is 5.61. The van der Waals surface area contributed by atoms with Crippen molar-refractivity contribution in [3.8, 4) is 5.75 Å². The molecule has 142 valence electrons. The van der Waals surface area contributed by atoms with Crippen molar-refractivity contribution >= 4 is 18.3 Å². The fraction of sp³-hybridized carbons (Fsp3) is 0.632. The van der Waals surface area contributed by atoms with Crippen LogP contribution < -0.4 is 10.5 Å². The van der Waals surface area contributed by atoms with Crippen LogP contribution in [0.2, 0.25) is 0 Å². The lowest BCUT2D eigenvalue weighted by molar-refractivity contribution is -0.134. The molecule has 0 bridgehead atoms. The number of carbonyl (C=O) groups excluding carboxylic acids is 1. The zero-order valence-corrected chi connectivity index (χ0v) is 15.9. The number of piperidine rings is 1. The Labute approximate surface area is 157 Å². The van der Waals surface area contributed by atoms with E-state index in [1.54, 1.807) is 0 Å². The average molecular weight is 371 g/mol. The van der Waals surface area contributed by atoms with Gasteiger partial charge in [0, 0.05) is 26.1 Å². The maximum atomic E-state index is 12.2. The lowest BCUT2D eigenvalue weighted by atomic mass is 10.1. The van der Waals surface area contributed by atoms with E-state index in [1.165, 1.54) is 5.56 Å². The molecule has 1 aromatic carbocycles. The highest BCUT2D eigenvalue weighted by Gasteiger charge is 2.22. The summed E-state index contributed by atoms with van der Waals surface area (Å²) in [5.74, 6) is 1.10. The van der Waals surface area contributed by atoms with Gasteiger partial charge in [-0.05, 0) is 56.8 Å². The van der Waals surface area contributed by atoms with Crippen molar-refractivity contribution in [2.45, 2.75) is 45.1 Å². The molecule has 1 fully saturated rings. The van der Waals surface area contributed by atoms with Gasteiger partial charge >= 0.3 is 0 Å². The van der Waals surface area contributed by atoms with Crippen LogP contribution in [0.1, 0.15) is 37.7 Å². The predicted molar refractivity (Wildman–Crippen MR) is 102 cm³/mol. The Kier molecular flexibility index (Phi) is 10.5. The number of aryl methyl sites for hydroxylation is 1. The molecule has 2 N–H and O–H groups in total. The molecule has 5 nitrogen and oxygen atoms in total. The average Bonchev–Trinajstić information content (AvgIpc) is 2.59. The Bertz CT molecular complexity index is 505. The van der Waals surface area contributed by atoms with Crippen molar-refractivity contribution < 1.29 is 14.3 Å². The van der Waals surface area contributed by atoms with E-state index < -0.39 is 0 Å². The van der Waals surface area contributed by atoms with E-state index in [1.807, 2.05) is 36.1 Å². The van der Waals surface area contributed by atoms with E-state index in [0.29, 0.717) is 19.6 Å². The first-order chi connectivity index (χ1) is 11.7. The molecule has 0 radical (unpaired) electrons. The van der Waals surface area contributed by atoms with E-state index >= 15 is 0 Å². The number of likely N-dealkylation sites (tertiary alicyclic amines) is 1. The van der Waals surface area contributed by atoms with E-state index in [2.05, 4.69) is 0 Å². The summed E-state index contributed by atoms with van der Waals surface area (Å²) in [5.41, 5.74) is 6.65. The van der Waals surface area contributed by atoms with Crippen LogP contribution in [0.4, 0.5) is 0 Å². The Morgan fingerprint density at radius 1 is 1.24 bits per heavy atom. The highest BCUT2D eigenvalue weighted by atomic mass is 35.5. The van der Waals surface area contributed by atoms with Crippen molar-refractivity contribution in [3.63, 3.8) is 0 Å². The van der Waals surface area contributed by atoms with Crippen molar-refractivity contribution in [1.82, 2.24) is 4.90 Å². The Morgan fingerprint density at radius 3 is 2.68 bits per heavy atom. The zero-order valence-electron chi connectivity index (χ0n) is 15.1. The van der Waals surface area contributed by atoms with Crippen molar-refractivity contribution in [2.24, 2.45) is 5.73 Å². The maximum absolute atomic E-state index is 12.2.